The van der Waals surface area contributed by atoms with Crippen molar-refractivity contribution in [3.05, 3.63) is 35.6 Å². The molecule has 21 heavy (non-hydrogen) atoms. The number of piperidine rings is 1. The van der Waals surface area contributed by atoms with Crippen molar-refractivity contribution in [2.75, 3.05) is 13.1 Å². The molecule has 3 N–H and O–H groups in total. The first kappa shape index (κ1) is 16.4. The van der Waals surface area contributed by atoms with E-state index in [0.29, 0.717) is 5.92 Å². The second kappa shape index (κ2) is 7.34. The van der Waals surface area contributed by atoms with Gasteiger partial charge in [-0.3, -0.25) is 4.90 Å². The van der Waals surface area contributed by atoms with E-state index in [1.807, 2.05) is 26.0 Å². The van der Waals surface area contributed by atoms with Gasteiger partial charge in [-0.15, -0.1) is 0 Å². The maximum Gasteiger partial charge on any atom is 0.123 e. The van der Waals surface area contributed by atoms with Crippen LogP contribution in [0.2, 0.25) is 0 Å². The zero-order chi connectivity index (χ0) is 15.4. The van der Waals surface area contributed by atoms with Crippen molar-refractivity contribution < 1.29 is 9.50 Å². The molecule has 1 fully saturated rings. The molecule has 1 aromatic carbocycles. The fourth-order valence-electron chi connectivity index (χ4n) is 3.11. The maximum absolute atomic E-state index is 12.9. The number of aliphatic hydroxyl groups is 1. The van der Waals surface area contributed by atoms with E-state index in [9.17, 15) is 9.50 Å². The van der Waals surface area contributed by atoms with Crippen molar-refractivity contribution in [2.45, 2.75) is 45.4 Å². The summed E-state index contributed by atoms with van der Waals surface area (Å²) in [4.78, 5) is 2.32. The topological polar surface area (TPSA) is 49.5 Å². The predicted molar refractivity (Wildman–Crippen MR) is 83.2 cm³/mol. The lowest BCUT2D eigenvalue weighted by Gasteiger charge is -2.37. The van der Waals surface area contributed by atoms with Crippen LogP contribution in [0.1, 0.15) is 32.3 Å². The monoisotopic (exact) mass is 294 g/mol. The molecule has 4 heteroatoms. The van der Waals surface area contributed by atoms with E-state index in [2.05, 4.69) is 4.90 Å². The summed E-state index contributed by atoms with van der Waals surface area (Å²) in [6, 6.07) is 6.81. The van der Waals surface area contributed by atoms with Crippen LogP contribution in [0, 0.1) is 17.7 Å². The van der Waals surface area contributed by atoms with Gasteiger partial charge in [0.25, 0.3) is 0 Å². The fraction of sp³-hybridized carbons (Fsp3) is 0.647. The van der Waals surface area contributed by atoms with Gasteiger partial charge in [0.05, 0.1) is 6.10 Å². The third-order valence-electron chi connectivity index (χ3n) is 4.31. The Morgan fingerprint density at radius 3 is 2.57 bits per heavy atom. The molecule has 1 saturated heterocycles. The lowest BCUT2D eigenvalue weighted by atomic mass is 9.87. The van der Waals surface area contributed by atoms with Crippen molar-refractivity contribution in [3.63, 3.8) is 0 Å². The quantitative estimate of drug-likeness (QED) is 0.876. The van der Waals surface area contributed by atoms with Gasteiger partial charge in [-0.05, 0) is 42.4 Å². The van der Waals surface area contributed by atoms with E-state index in [-0.39, 0.29) is 23.9 Å². The molecule has 2 rings (SSSR count). The van der Waals surface area contributed by atoms with Crippen LogP contribution in [0.15, 0.2) is 24.3 Å². The van der Waals surface area contributed by atoms with Gasteiger partial charge in [0.1, 0.15) is 5.82 Å². The molecule has 0 spiro atoms. The number of aliphatic hydroxyl groups excluding tert-OH is 1. The number of halogens is 1. The smallest absolute Gasteiger partial charge is 0.123 e. The zero-order valence-corrected chi connectivity index (χ0v) is 13.0. The molecule has 0 saturated carbocycles. The van der Waals surface area contributed by atoms with Gasteiger partial charge in [-0.1, -0.05) is 26.0 Å². The third-order valence-corrected chi connectivity index (χ3v) is 4.31. The van der Waals surface area contributed by atoms with Crippen LogP contribution in [0.4, 0.5) is 4.39 Å². The Balaban J connectivity index is 1.92. The van der Waals surface area contributed by atoms with Crippen LogP contribution in [-0.4, -0.2) is 35.2 Å². The van der Waals surface area contributed by atoms with Crippen LogP contribution in [-0.2, 0) is 6.54 Å². The van der Waals surface area contributed by atoms with Gasteiger partial charge >= 0.3 is 0 Å². The fourth-order valence-corrected chi connectivity index (χ4v) is 3.11. The summed E-state index contributed by atoms with van der Waals surface area (Å²) in [5, 5.41) is 10.1. The Morgan fingerprint density at radius 2 is 1.95 bits per heavy atom. The summed E-state index contributed by atoms with van der Waals surface area (Å²) in [6.45, 7) is 6.70. The number of benzene rings is 1. The average Bonchev–Trinajstić information content (AvgIpc) is 2.40. The highest BCUT2D eigenvalue weighted by molar-refractivity contribution is 5.16. The number of hydrogen-bond donors (Lipinski definition) is 2. The van der Waals surface area contributed by atoms with Crippen LogP contribution in [0.3, 0.4) is 0 Å². The lowest BCUT2D eigenvalue weighted by Crippen LogP contribution is -2.47. The lowest BCUT2D eigenvalue weighted by molar-refractivity contribution is 0.0642. The molecule has 1 heterocycles. The van der Waals surface area contributed by atoms with Crippen LogP contribution < -0.4 is 5.73 Å². The Bertz CT molecular complexity index is 435. The molecule has 118 valence electrons. The highest BCUT2D eigenvalue weighted by Crippen LogP contribution is 2.24. The summed E-state index contributed by atoms with van der Waals surface area (Å²) >= 11 is 0. The van der Waals surface area contributed by atoms with E-state index in [1.54, 1.807) is 0 Å². The van der Waals surface area contributed by atoms with Gasteiger partial charge in [0, 0.05) is 25.7 Å². The first-order chi connectivity index (χ1) is 9.94. The Labute approximate surface area is 126 Å². The molecule has 1 aromatic rings. The maximum atomic E-state index is 12.9. The molecule has 0 bridgehead atoms. The second-order valence-corrected chi connectivity index (χ2v) is 6.73. The standard InChI is InChI=1S/C17H27FN2O/c1-12(2)17(21)8-14-7-16(19)11-20(10-14)9-13-3-5-15(18)6-4-13/h3-6,12,14,16-17,21H,7-11,19H2,1-2H3. The molecular formula is C17H27FN2O. The van der Waals surface area contributed by atoms with Gasteiger partial charge in [0.15, 0.2) is 0 Å². The van der Waals surface area contributed by atoms with Gasteiger partial charge < -0.3 is 10.8 Å². The number of nitrogens with zero attached hydrogens (tertiary/aromatic N) is 1. The molecule has 0 radical (unpaired) electrons. The van der Waals surface area contributed by atoms with Gasteiger partial charge in [-0.2, -0.15) is 0 Å². The van der Waals surface area contributed by atoms with Gasteiger partial charge in [-0.25, -0.2) is 4.39 Å². The normalized spacial score (nSPS) is 25.2. The molecule has 0 amide bonds. The van der Waals surface area contributed by atoms with E-state index >= 15 is 0 Å². The van der Waals surface area contributed by atoms with Crippen molar-refractivity contribution in [1.29, 1.82) is 0 Å². The summed E-state index contributed by atoms with van der Waals surface area (Å²) in [7, 11) is 0. The molecule has 0 aromatic heterocycles. The minimum Gasteiger partial charge on any atom is -0.393 e. The van der Waals surface area contributed by atoms with E-state index < -0.39 is 0 Å². The third kappa shape index (κ3) is 5.06. The Hall–Kier alpha value is -0.970. The van der Waals surface area contributed by atoms with Crippen LogP contribution in [0.5, 0.6) is 0 Å². The number of rotatable bonds is 5. The van der Waals surface area contributed by atoms with Crippen LogP contribution in [0.25, 0.3) is 0 Å². The zero-order valence-electron chi connectivity index (χ0n) is 13.0. The Kier molecular flexibility index (Phi) is 5.73. The minimum absolute atomic E-state index is 0.156. The van der Waals surface area contributed by atoms with E-state index in [0.717, 1.165) is 38.0 Å². The number of nitrogens with two attached hydrogens (primary N) is 1. The highest BCUT2D eigenvalue weighted by atomic mass is 19.1. The van der Waals surface area contributed by atoms with E-state index in [1.165, 1.54) is 12.1 Å². The number of likely N-dealkylation sites (tertiary alicyclic amines) is 1. The molecule has 3 atom stereocenters. The highest BCUT2D eigenvalue weighted by Gasteiger charge is 2.27. The largest absolute Gasteiger partial charge is 0.393 e. The predicted octanol–water partition coefficient (Wildman–Crippen LogP) is 2.38. The summed E-state index contributed by atoms with van der Waals surface area (Å²) in [5.74, 6) is 0.521. The number of hydrogen-bond acceptors (Lipinski definition) is 3. The van der Waals surface area contributed by atoms with Crippen molar-refractivity contribution in [3.8, 4) is 0 Å². The van der Waals surface area contributed by atoms with Crippen molar-refractivity contribution in [1.82, 2.24) is 4.90 Å². The molecule has 1 aliphatic rings. The summed E-state index contributed by atoms with van der Waals surface area (Å²) < 4.78 is 12.9. The molecule has 1 aliphatic heterocycles. The molecule has 3 unspecified atom stereocenters. The summed E-state index contributed by atoms with van der Waals surface area (Å²) in [6.07, 6.45) is 1.53. The van der Waals surface area contributed by atoms with Crippen LogP contribution >= 0.6 is 0 Å². The SMILES string of the molecule is CC(C)C(O)CC1CC(N)CN(Cc2ccc(F)cc2)C1. The second-order valence-electron chi connectivity index (χ2n) is 6.73. The first-order valence-electron chi connectivity index (χ1n) is 7.84. The van der Waals surface area contributed by atoms with Crippen molar-refractivity contribution >= 4 is 0 Å². The molecule has 3 nitrogen and oxygen atoms in total. The van der Waals surface area contributed by atoms with E-state index in [4.69, 9.17) is 5.73 Å². The first-order valence-corrected chi connectivity index (χ1v) is 7.84. The van der Waals surface area contributed by atoms with Gasteiger partial charge in [0.2, 0.25) is 0 Å². The molecule has 0 aliphatic carbocycles. The van der Waals surface area contributed by atoms with Crippen molar-refractivity contribution in [2.24, 2.45) is 17.6 Å². The average molecular weight is 294 g/mol. The Morgan fingerprint density at radius 1 is 1.29 bits per heavy atom. The minimum atomic E-state index is -0.257. The summed E-state index contributed by atoms with van der Waals surface area (Å²) in [5.41, 5.74) is 7.27. The molecular weight excluding hydrogens is 267 g/mol.